The summed E-state index contributed by atoms with van der Waals surface area (Å²) < 4.78 is 43.0. The Morgan fingerprint density at radius 3 is 2.54 bits per heavy atom. The van der Waals surface area contributed by atoms with Gasteiger partial charge in [-0.05, 0) is 43.7 Å². The van der Waals surface area contributed by atoms with E-state index in [2.05, 4.69) is 30.2 Å². The molecule has 3 heterocycles. The Labute approximate surface area is 199 Å². The Bertz CT molecular complexity index is 1290. The fourth-order valence-electron chi connectivity index (χ4n) is 4.68. The molecule has 1 saturated heterocycles. The smallest absolute Gasteiger partial charge is 0.369 e. The second-order valence-electron chi connectivity index (χ2n) is 8.87. The van der Waals surface area contributed by atoms with Crippen LogP contribution in [0.2, 0.25) is 0 Å². The minimum absolute atomic E-state index is 0.0273. The predicted octanol–water partition coefficient (Wildman–Crippen LogP) is 2.59. The summed E-state index contributed by atoms with van der Waals surface area (Å²) in [6, 6.07) is 4.09. The molecule has 0 saturated carbocycles. The van der Waals surface area contributed by atoms with Crippen molar-refractivity contribution < 1.29 is 18.0 Å². The number of benzene rings is 1. The van der Waals surface area contributed by atoms with E-state index in [-0.39, 0.29) is 17.3 Å². The molecule has 12 heteroatoms. The number of anilines is 3. The summed E-state index contributed by atoms with van der Waals surface area (Å²) in [5.41, 5.74) is 8.09. The Morgan fingerprint density at radius 1 is 1.11 bits per heavy atom. The SMILES string of the molecule is CN1CCN(c2ccc(C(F)(F)F)c(Nc3ncc4c(n3)-c3c(c(C(N)=O)nn3C)CC4)c2)CC1. The van der Waals surface area contributed by atoms with E-state index in [1.165, 1.54) is 16.8 Å². The fraction of sp³-hybridized carbons (Fsp3) is 0.391. The minimum atomic E-state index is -4.55. The van der Waals surface area contributed by atoms with Crippen LogP contribution in [0.4, 0.5) is 30.5 Å². The summed E-state index contributed by atoms with van der Waals surface area (Å²) in [6.07, 6.45) is -1.83. The van der Waals surface area contributed by atoms with Crippen molar-refractivity contribution in [3.05, 3.63) is 46.8 Å². The van der Waals surface area contributed by atoms with Gasteiger partial charge in [-0.15, -0.1) is 0 Å². The monoisotopic (exact) mass is 486 g/mol. The van der Waals surface area contributed by atoms with E-state index in [1.54, 1.807) is 13.2 Å². The number of alkyl halides is 3. The normalized spacial score (nSPS) is 16.1. The first-order valence-corrected chi connectivity index (χ1v) is 11.3. The topological polar surface area (TPSA) is 105 Å². The number of halogens is 3. The zero-order valence-electron chi connectivity index (χ0n) is 19.4. The summed E-state index contributed by atoms with van der Waals surface area (Å²) in [4.78, 5) is 24.9. The maximum atomic E-state index is 13.8. The lowest BCUT2D eigenvalue weighted by Crippen LogP contribution is -2.44. The van der Waals surface area contributed by atoms with Crippen LogP contribution in [0.3, 0.4) is 0 Å². The number of hydrogen-bond acceptors (Lipinski definition) is 7. The van der Waals surface area contributed by atoms with E-state index in [0.29, 0.717) is 35.5 Å². The maximum Gasteiger partial charge on any atom is 0.418 e. The largest absolute Gasteiger partial charge is 0.418 e. The molecule has 184 valence electrons. The van der Waals surface area contributed by atoms with Crippen molar-refractivity contribution in [2.45, 2.75) is 19.0 Å². The third kappa shape index (κ3) is 4.29. The van der Waals surface area contributed by atoms with Crippen LogP contribution in [0.5, 0.6) is 0 Å². The van der Waals surface area contributed by atoms with Gasteiger partial charge in [0.1, 0.15) is 0 Å². The fourth-order valence-corrected chi connectivity index (χ4v) is 4.68. The van der Waals surface area contributed by atoms with Crippen molar-refractivity contribution in [3.63, 3.8) is 0 Å². The van der Waals surface area contributed by atoms with Crippen molar-refractivity contribution in [3.8, 4) is 11.4 Å². The lowest BCUT2D eigenvalue weighted by Gasteiger charge is -2.34. The number of nitrogens with two attached hydrogens (primary N) is 1. The van der Waals surface area contributed by atoms with Gasteiger partial charge in [0.25, 0.3) is 5.91 Å². The highest BCUT2D eigenvalue weighted by atomic mass is 19.4. The number of amides is 1. The molecule has 1 fully saturated rings. The summed E-state index contributed by atoms with van der Waals surface area (Å²) >= 11 is 0. The van der Waals surface area contributed by atoms with Gasteiger partial charge >= 0.3 is 6.18 Å². The molecule has 2 aliphatic rings. The van der Waals surface area contributed by atoms with Crippen LogP contribution in [0.1, 0.15) is 27.2 Å². The standard InChI is InChI=1S/C23H25F3N8O/c1-32-7-9-34(10-8-32)14-4-6-16(23(24,25)26)17(11-14)29-22-28-12-13-3-5-15-19(21(27)35)31-33(2)20(15)18(13)30-22/h4,6,11-12H,3,5,7-10H2,1-2H3,(H2,27,35)(H,28,29,30). The number of likely N-dealkylation sites (N-methyl/N-ethyl adjacent to an activating group) is 1. The van der Waals surface area contributed by atoms with E-state index < -0.39 is 17.6 Å². The zero-order chi connectivity index (χ0) is 24.9. The number of aromatic nitrogens is 4. The van der Waals surface area contributed by atoms with Crippen molar-refractivity contribution in [2.24, 2.45) is 12.8 Å². The highest BCUT2D eigenvalue weighted by Crippen LogP contribution is 2.39. The molecule has 1 aliphatic heterocycles. The molecule has 9 nitrogen and oxygen atoms in total. The Morgan fingerprint density at radius 2 is 1.86 bits per heavy atom. The third-order valence-electron chi connectivity index (χ3n) is 6.54. The molecule has 2 aromatic heterocycles. The molecule has 1 aliphatic carbocycles. The molecule has 0 atom stereocenters. The third-order valence-corrected chi connectivity index (χ3v) is 6.54. The Hall–Kier alpha value is -3.67. The summed E-state index contributed by atoms with van der Waals surface area (Å²) in [5.74, 6) is -0.604. The van der Waals surface area contributed by atoms with Crippen LogP contribution >= 0.6 is 0 Å². The van der Waals surface area contributed by atoms with Gasteiger partial charge in [-0.3, -0.25) is 9.48 Å². The van der Waals surface area contributed by atoms with E-state index in [4.69, 9.17) is 5.73 Å². The van der Waals surface area contributed by atoms with Gasteiger partial charge in [0.2, 0.25) is 5.95 Å². The molecule has 0 bridgehead atoms. The minimum Gasteiger partial charge on any atom is -0.369 e. The van der Waals surface area contributed by atoms with E-state index in [0.717, 1.165) is 37.8 Å². The van der Waals surface area contributed by atoms with Gasteiger partial charge in [0, 0.05) is 50.7 Å². The van der Waals surface area contributed by atoms with Gasteiger partial charge in [-0.1, -0.05) is 0 Å². The number of carbonyl (C=O) groups is 1. The van der Waals surface area contributed by atoms with Crippen LogP contribution in [0, 0.1) is 0 Å². The average Bonchev–Trinajstić information content (AvgIpc) is 3.16. The van der Waals surface area contributed by atoms with Crippen molar-refractivity contribution in [2.75, 3.05) is 43.4 Å². The van der Waals surface area contributed by atoms with Gasteiger partial charge in [0.05, 0.1) is 22.6 Å². The zero-order valence-corrected chi connectivity index (χ0v) is 19.4. The molecule has 3 aromatic rings. The van der Waals surface area contributed by atoms with Crippen molar-refractivity contribution in [1.29, 1.82) is 0 Å². The van der Waals surface area contributed by atoms with Crippen LogP contribution in [0.15, 0.2) is 24.4 Å². The summed E-state index contributed by atoms with van der Waals surface area (Å²) in [5, 5.41) is 7.02. The average molecular weight is 487 g/mol. The first kappa shape index (κ1) is 23.1. The van der Waals surface area contributed by atoms with Crippen molar-refractivity contribution in [1.82, 2.24) is 24.6 Å². The number of aryl methyl sites for hydroxylation is 2. The van der Waals surface area contributed by atoms with Gasteiger partial charge < -0.3 is 20.9 Å². The number of rotatable bonds is 4. The highest BCUT2D eigenvalue weighted by molar-refractivity contribution is 5.94. The number of piperazine rings is 1. The molecule has 1 aromatic carbocycles. The molecule has 0 unspecified atom stereocenters. The molecular formula is C23H25F3N8O. The highest BCUT2D eigenvalue weighted by Gasteiger charge is 2.35. The lowest BCUT2D eigenvalue weighted by molar-refractivity contribution is -0.136. The number of carbonyl (C=O) groups excluding carboxylic acids is 1. The number of hydrogen-bond donors (Lipinski definition) is 2. The van der Waals surface area contributed by atoms with Crippen LogP contribution < -0.4 is 16.0 Å². The van der Waals surface area contributed by atoms with Gasteiger partial charge in [0.15, 0.2) is 5.69 Å². The molecule has 3 N–H and O–H groups in total. The second-order valence-corrected chi connectivity index (χ2v) is 8.87. The molecule has 35 heavy (non-hydrogen) atoms. The lowest BCUT2D eigenvalue weighted by atomic mass is 9.93. The molecule has 0 spiro atoms. The van der Waals surface area contributed by atoms with Crippen LogP contribution in [0.25, 0.3) is 11.4 Å². The van der Waals surface area contributed by atoms with Crippen molar-refractivity contribution >= 4 is 23.2 Å². The molecule has 1 amide bonds. The quantitative estimate of drug-likeness (QED) is 0.584. The number of fused-ring (bicyclic) bond motifs is 3. The Balaban J connectivity index is 1.52. The van der Waals surface area contributed by atoms with Gasteiger partial charge in [-0.25, -0.2) is 9.97 Å². The first-order chi connectivity index (χ1) is 16.6. The maximum absolute atomic E-state index is 13.8. The molecule has 0 radical (unpaired) electrons. The molecular weight excluding hydrogens is 461 g/mol. The predicted molar refractivity (Wildman–Crippen MR) is 125 cm³/mol. The second kappa shape index (κ2) is 8.52. The van der Waals surface area contributed by atoms with E-state index in [1.807, 2.05) is 7.05 Å². The van der Waals surface area contributed by atoms with Crippen LogP contribution in [-0.4, -0.2) is 63.8 Å². The Kier molecular flexibility index (Phi) is 5.62. The van der Waals surface area contributed by atoms with E-state index in [9.17, 15) is 18.0 Å². The molecule has 5 rings (SSSR count). The number of primary amides is 1. The van der Waals surface area contributed by atoms with Crippen LogP contribution in [-0.2, 0) is 26.1 Å². The first-order valence-electron chi connectivity index (χ1n) is 11.3. The van der Waals surface area contributed by atoms with Gasteiger partial charge in [-0.2, -0.15) is 18.3 Å². The summed E-state index contributed by atoms with van der Waals surface area (Å²) in [6.45, 7) is 3.11. The number of nitrogens with zero attached hydrogens (tertiary/aromatic N) is 6. The van der Waals surface area contributed by atoms with E-state index >= 15 is 0 Å². The summed E-state index contributed by atoms with van der Waals surface area (Å²) in [7, 11) is 3.70. The number of nitrogens with one attached hydrogen (secondary N) is 1.